The van der Waals surface area contributed by atoms with Gasteiger partial charge in [-0.15, -0.1) is 0 Å². The third kappa shape index (κ3) is 4.16. The lowest BCUT2D eigenvalue weighted by atomic mass is 10.2. The molecule has 7 heteroatoms. The van der Waals surface area contributed by atoms with Crippen molar-refractivity contribution in [3.05, 3.63) is 69.3 Å². The van der Waals surface area contributed by atoms with Crippen molar-refractivity contribution in [1.29, 1.82) is 0 Å². The number of nitrogens with zero attached hydrogens (tertiary/aromatic N) is 2. The minimum atomic E-state index is -0.262. The van der Waals surface area contributed by atoms with Crippen LogP contribution in [-0.2, 0) is 20.2 Å². The molecule has 0 bridgehead atoms. The highest BCUT2D eigenvalue weighted by Gasteiger charge is 2.14. The Morgan fingerprint density at radius 2 is 1.96 bits per heavy atom. The average Bonchev–Trinajstić information content (AvgIpc) is 3.18. The molecule has 0 spiro atoms. The standard InChI is InChI=1S/C19H20BrN3O3/c1-12-17(13(2)23(3)22-12)10-21-19(24)18-9-8-16(26-18)11-25-15-6-4-14(20)5-7-15/h4-9H,10-11H2,1-3H3,(H,21,24). The van der Waals surface area contributed by atoms with Gasteiger partial charge in [-0.2, -0.15) is 5.10 Å². The summed E-state index contributed by atoms with van der Waals surface area (Å²) in [6.45, 7) is 4.58. The molecule has 0 aliphatic heterocycles. The number of halogens is 1. The molecule has 26 heavy (non-hydrogen) atoms. The number of benzene rings is 1. The maximum absolute atomic E-state index is 12.3. The Kier molecular flexibility index (Phi) is 5.46. The molecule has 1 N–H and O–H groups in total. The second-order valence-electron chi connectivity index (χ2n) is 5.96. The van der Waals surface area contributed by atoms with Gasteiger partial charge < -0.3 is 14.5 Å². The zero-order valence-corrected chi connectivity index (χ0v) is 16.5. The van der Waals surface area contributed by atoms with Gasteiger partial charge in [0.25, 0.3) is 5.91 Å². The molecule has 6 nitrogen and oxygen atoms in total. The molecule has 0 unspecified atom stereocenters. The van der Waals surface area contributed by atoms with Crippen LogP contribution in [0.15, 0.2) is 45.3 Å². The van der Waals surface area contributed by atoms with Gasteiger partial charge in [-0.25, -0.2) is 0 Å². The van der Waals surface area contributed by atoms with Gasteiger partial charge in [-0.05, 0) is 50.2 Å². The molecule has 0 radical (unpaired) electrons. The van der Waals surface area contributed by atoms with Crippen molar-refractivity contribution < 1.29 is 13.9 Å². The molecule has 2 aromatic heterocycles. The Bertz CT molecular complexity index is 913. The normalized spacial score (nSPS) is 10.8. The number of ether oxygens (including phenoxy) is 1. The largest absolute Gasteiger partial charge is 0.486 e. The van der Waals surface area contributed by atoms with Gasteiger partial charge in [0.1, 0.15) is 18.1 Å². The fourth-order valence-electron chi connectivity index (χ4n) is 2.59. The van der Waals surface area contributed by atoms with Crippen LogP contribution in [-0.4, -0.2) is 15.7 Å². The molecule has 1 aromatic carbocycles. The van der Waals surface area contributed by atoms with E-state index in [0.717, 1.165) is 27.2 Å². The van der Waals surface area contributed by atoms with E-state index in [2.05, 4.69) is 26.3 Å². The van der Waals surface area contributed by atoms with Crippen molar-refractivity contribution in [2.75, 3.05) is 0 Å². The van der Waals surface area contributed by atoms with Crippen LogP contribution in [0.1, 0.15) is 33.3 Å². The lowest BCUT2D eigenvalue weighted by Crippen LogP contribution is -2.23. The molecule has 0 saturated heterocycles. The Morgan fingerprint density at radius 1 is 1.23 bits per heavy atom. The molecule has 0 aliphatic rings. The monoisotopic (exact) mass is 417 g/mol. The van der Waals surface area contributed by atoms with Crippen molar-refractivity contribution in [2.24, 2.45) is 7.05 Å². The van der Waals surface area contributed by atoms with Crippen molar-refractivity contribution in [2.45, 2.75) is 27.0 Å². The summed E-state index contributed by atoms with van der Waals surface area (Å²) in [6.07, 6.45) is 0. The highest BCUT2D eigenvalue weighted by atomic mass is 79.9. The van der Waals surface area contributed by atoms with Crippen LogP contribution in [0, 0.1) is 13.8 Å². The van der Waals surface area contributed by atoms with Gasteiger partial charge in [-0.1, -0.05) is 15.9 Å². The number of hydrogen-bond acceptors (Lipinski definition) is 4. The second kappa shape index (κ2) is 7.78. The molecule has 2 heterocycles. The highest BCUT2D eigenvalue weighted by molar-refractivity contribution is 9.10. The molecule has 0 saturated carbocycles. The van der Waals surface area contributed by atoms with Crippen molar-refractivity contribution >= 4 is 21.8 Å². The molecule has 0 fully saturated rings. The van der Waals surface area contributed by atoms with E-state index in [1.54, 1.807) is 16.8 Å². The summed E-state index contributed by atoms with van der Waals surface area (Å²) in [5.41, 5.74) is 2.96. The number of carbonyl (C=O) groups excluding carboxylic acids is 1. The van der Waals surface area contributed by atoms with Crippen LogP contribution in [0.4, 0.5) is 0 Å². The second-order valence-corrected chi connectivity index (χ2v) is 6.88. The van der Waals surface area contributed by atoms with Crippen LogP contribution >= 0.6 is 15.9 Å². The van der Waals surface area contributed by atoms with Crippen LogP contribution in [0.3, 0.4) is 0 Å². The number of aryl methyl sites for hydroxylation is 2. The summed E-state index contributed by atoms with van der Waals surface area (Å²) < 4.78 is 14.0. The van der Waals surface area contributed by atoms with Crippen LogP contribution in [0.5, 0.6) is 5.75 Å². The van der Waals surface area contributed by atoms with Gasteiger partial charge in [0.2, 0.25) is 0 Å². The van der Waals surface area contributed by atoms with Crippen LogP contribution in [0.25, 0.3) is 0 Å². The molecular formula is C19H20BrN3O3. The summed E-state index contributed by atoms with van der Waals surface area (Å²) in [6, 6.07) is 10.9. The number of rotatable bonds is 6. The van der Waals surface area contributed by atoms with E-state index in [-0.39, 0.29) is 18.3 Å². The lowest BCUT2D eigenvalue weighted by Gasteiger charge is -2.05. The van der Waals surface area contributed by atoms with Gasteiger partial charge in [0.05, 0.1) is 5.69 Å². The number of nitrogens with one attached hydrogen (secondary N) is 1. The first-order valence-corrected chi connectivity index (χ1v) is 8.97. The van der Waals surface area contributed by atoms with E-state index in [1.807, 2.05) is 45.2 Å². The topological polar surface area (TPSA) is 69.3 Å². The zero-order chi connectivity index (χ0) is 18.7. The minimum Gasteiger partial charge on any atom is -0.486 e. The number of aromatic nitrogens is 2. The van der Waals surface area contributed by atoms with E-state index in [1.165, 1.54) is 0 Å². The predicted octanol–water partition coefficient (Wildman–Crippen LogP) is 3.90. The number of carbonyl (C=O) groups is 1. The van der Waals surface area contributed by atoms with Crippen molar-refractivity contribution in [3.8, 4) is 5.75 Å². The summed E-state index contributed by atoms with van der Waals surface area (Å²) in [5, 5.41) is 7.22. The highest BCUT2D eigenvalue weighted by Crippen LogP contribution is 2.18. The molecule has 1 amide bonds. The average molecular weight is 418 g/mol. The number of hydrogen-bond donors (Lipinski definition) is 1. The SMILES string of the molecule is Cc1nn(C)c(C)c1CNC(=O)c1ccc(COc2ccc(Br)cc2)o1. The number of amides is 1. The predicted molar refractivity (Wildman–Crippen MR) is 101 cm³/mol. The van der Waals surface area contributed by atoms with Gasteiger partial charge in [0, 0.05) is 29.3 Å². The van der Waals surface area contributed by atoms with E-state index in [4.69, 9.17) is 9.15 Å². The molecular weight excluding hydrogens is 398 g/mol. The molecule has 136 valence electrons. The van der Waals surface area contributed by atoms with Crippen LogP contribution < -0.4 is 10.1 Å². The first kappa shape index (κ1) is 18.3. The summed E-state index contributed by atoms with van der Waals surface area (Å²) in [7, 11) is 1.89. The van der Waals surface area contributed by atoms with E-state index < -0.39 is 0 Å². The van der Waals surface area contributed by atoms with E-state index in [0.29, 0.717) is 12.3 Å². The molecule has 0 aliphatic carbocycles. The Hall–Kier alpha value is -2.54. The third-order valence-electron chi connectivity index (χ3n) is 4.16. The minimum absolute atomic E-state index is 0.260. The maximum atomic E-state index is 12.3. The smallest absolute Gasteiger partial charge is 0.287 e. The van der Waals surface area contributed by atoms with Crippen molar-refractivity contribution in [3.63, 3.8) is 0 Å². The quantitative estimate of drug-likeness (QED) is 0.659. The Labute approximate surface area is 160 Å². The third-order valence-corrected chi connectivity index (χ3v) is 4.69. The van der Waals surface area contributed by atoms with Gasteiger partial charge in [-0.3, -0.25) is 9.48 Å². The number of furan rings is 1. The van der Waals surface area contributed by atoms with Gasteiger partial charge in [0.15, 0.2) is 5.76 Å². The Morgan fingerprint density at radius 3 is 2.62 bits per heavy atom. The first-order chi connectivity index (χ1) is 12.4. The summed E-state index contributed by atoms with van der Waals surface area (Å²) >= 11 is 3.38. The van der Waals surface area contributed by atoms with E-state index >= 15 is 0 Å². The molecule has 0 atom stereocenters. The van der Waals surface area contributed by atoms with Crippen molar-refractivity contribution in [1.82, 2.24) is 15.1 Å². The first-order valence-electron chi connectivity index (χ1n) is 8.18. The Balaban J connectivity index is 1.56. The van der Waals surface area contributed by atoms with Gasteiger partial charge >= 0.3 is 0 Å². The lowest BCUT2D eigenvalue weighted by molar-refractivity contribution is 0.0919. The zero-order valence-electron chi connectivity index (χ0n) is 14.9. The fraction of sp³-hybridized carbons (Fsp3) is 0.263. The molecule has 3 aromatic rings. The summed E-state index contributed by atoms with van der Waals surface area (Å²) in [4.78, 5) is 12.3. The summed E-state index contributed by atoms with van der Waals surface area (Å²) in [5.74, 6) is 1.33. The maximum Gasteiger partial charge on any atom is 0.287 e. The van der Waals surface area contributed by atoms with E-state index in [9.17, 15) is 4.79 Å². The van der Waals surface area contributed by atoms with Crippen LogP contribution in [0.2, 0.25) is 0 Å². The fourth-order valence-corrected chi connectivity index (χ4v) is 2.86. The molecule has 3 rings (SSSR count).